The minimum Gasteiger partial charge on any atom is -0.363 e. The molecule has 0 saturated heterocycles. The van der Waals surface area contributed by atoms with E-state index in [1.165, 1.54) is 31.2 Å². The highest BCUT2D eigenvalue weighted by Gasteiger charge is 2.14. The number of carbonyl (C=O) groups excluding carboxylic acids is 1. The number of amides is 1. The summed E-state index contributed by atoms with van der Waals surface area (Å²) in [5.74, 6) is 1.84. The number of nitrogens with zero attached hydrogens (tertiary/aromatic N) is 3. The molecule has 1 amide bonds. The molecule has 3 rings (SSSR count). The monoisotopic (exact) mass is 440 g/mol. The molecule has 3 N–H and O–H groups in total. The maximum atomic E-state index is 12.6. The van der Waals surface area contributed by atoms with Crippen LogP contribution in [0.5, 0.6) is 0 Å². The van der Waals surface area contributed by atoms with Crippen molar-refractivity contribution < 1.29 is 13.2 Å². The average Bonchev–Trinajstić information content (AvgIpc) is 2.69. The van der Waals surface area contributed by atoms with Crippen molar-refractivity contribution in [1.29, 1.82) is 0 Å². The Labute approximate surface area is 181 Å². The quantitative estimate of drug-likeness (QED) is 0.516. The Morgan fingerprint density at radius 3 is 2.06 bits per heavy atom. The van der Waals surface area contributed by atoms with Gasteiger partial charge in [0.05, 0.1) is 4.90 Å². The van der Waals surface area contributed by atoms with E-state index in [2.05, 4.69) is 25.3 Å². The Morgan fingerprint density at radius 2 is 1.48 bits per heavy atom. The van der Waals surface area contributed by atoms with Crippen molar-refractivity contribution in [3.63, 3.8) is 0 Å². The summed E-state index contributed by atoms with van der Waals surface area (Å²) in [6.07, 6.45) is 0. The SMILES string of the molecule is CC(=O)Nc1ccc(S(=O)(=O)Nc2ccc(Nc3cc(N(C)C)nc(C)n3)cc2)cc1. The van der Waals surface area contributed by atoms with Gasteiger partial charge in [-0.2, -0.15) is 0 Å². The molecule has 1 aromatic heterocycles. The molecule has 162 valence electrons. The van der Waals surface area contributed by atoms with E-state index in [9.17, 15) is 13.2 Å². The summed E-state index contributed by atoms with van der Waals surface area (Å²) in [7, 11) is 0.0449. The number of sulfonamides is 1. The highest BCUT2D eigenvalue weighted by molar-refractivity contribution is 7.92. The number of nitrogens with one attached hydrogen (secondary N) is 3. The minimum atomic E-state index is -3.76. The number of anilines is 5. The normalized spacial score (nSPS) is 11.0. The van der Waals surface area contributed by atoms with Gasteiger partial charge in [0.25, 0.3) is 10.0 Å². The zero-order chi connectivity index (χ0) is 22.6. The lowest BCUT2D eigenvalue weighted by atomic mass is 10.3. The van der Waals surface area contributed by atoms with Crippen molar-refractivity contribution in [3.8, 4) is 0 Å². The molecule has 0 atom stereocenters. The van der Waals surface area contributed by atoms with E-state index in [1.54, 1.807) is 24.3 Å². The lowest BCUT2D eigenvalue weighted by Gasteiger charge is -2.14. The second-order valence-corrected chi connectivity index (χ2v) is 8.75. The van der Waals surface area contributed by atoms with E-state index in [0.29, 0.717) is 23.0 Å². The van der Waals surface area contributed by atoms with Gasteiger partial charge in [-0.15, -0.1) is 0 Å². The second kappa shape index (κ2) is 9.00. The Kier molecular flexibility index (Phi) is 6.40. The number of aromatic nitrogens is 2. The van der Waals surface area contributed by atoms with E-state index in [1.807, 2.05) is 32.0 Å². The van der Waals surface area contributed by atoms with Crippen LogP contribution < -0.4 is 20.3 Å². The third kappa shape index (κ3) is 5.92. The molecule has 0 aliphatic heterocycles. The number of hydrogen-bond acceptors (Lipinski definition) is 7. The number of aryl methyl sites for hydroxylation is 1. The van der Waals surface area contributed by atoms with Crippen LogP contribution in [0.3, 0.4) is 0 Å². The van der Waals surface area contributed by atoms with Crippen molar-refractivity contribution >= 4 is 44.6 Å². The summed E-state index contributed by atoms with van der Waals surface area (Å²) in [6.45, 7) is 3.20. The molecule has 2 aromatic carbocycles. The Bertz CT molecular complexity index is 1180. The molecule has 1 heterocycles. The molecule has 9 nitrogen and oxygen atoms in total. The van der Waals surface area contributed by atoms with Gasteiger partial charge < -0.3 is 15.5 Å². The fourth-order valence-electron chi connectivity index (χ4n) is 2.75. The minimum absolute atomic E-state index is 0.0940. The molecule has 0 aliphatic rings. The molecule has 0 radical (unpaired) electrons. The topological polar surface area (TPSA) is 116 Å². The first-order valence-electron chi connectivity index (χ1n) is 9.43. The number of carbonyl (C=O) groups is 1. The van der Waals surface area contributed by atoms with E-state index in [4.69, 9.17) is 0 Å². The first kappa shape index (κ1) is 22.0. The fraction of sp³-hybridized carbons (Fsp3) is 0.190. The van der Waals surface area contributed by atoms with E-state index in [0.717, 1.165) is 11.5 Å². The largest absolute Gasteiger partial charge is 0.363 e. The van der Waals surface area contributed by atoms with E-state index < -0.39 is 10.0 Å². The van der Waals surface area contributed by atoms with Crippen molar-refractivity contribution in [2.75, 3.05) is 34.4 Å². The molecule has 0 bridgehead atoms. The van der Waals surface area contributed by atoms with Gasteiger partial charge in [0.2, 0.25) is 5.91 Å². The summed E-state index contributed by atoms with van der Waals surface area (Å²) in [5, 5.41) is 5.79. The number of benzene rings is 2. The zero-order valence-electron chi connectivity index (χ0n) is 17.7. The first-order chi connectivity index (χ1) is 14.6. The number of hydrogen-bond donors (Lipinski definition) is 3. The predicted octanol–water partition coefficient (Wildman–Crippen LogP) is 3.35. The van der Waals surface area contributed by atoms with Gasteiger partial charge in [0.1, 0.15) is 17.5 Å². The standard InChI is InChI=1S/C21H24N6O3S/c1-14-22-20(13-21(23-14)27(3)4)25-17-5-7-18(8-6-17)26-31(29,30)19-11-9-16(10-12-19)24-15(2)28/h5-13,26H,1-4H3,(H,24,28)(H,22,23,25). The highest BCUT2D eigenvalue weighted by Crippen LogP contribution is 2.22. The smallest absolute Gasteiger partial charge is 0.261 e. The van der Waals surface area contributed by atoms with Crippen LogP contribution >= 0.6 is 0 Å². The maximum absolute atomic E-state index is 12.6. The molecule has 0 unspecified atom stereocenters. The summed E-state index contributed by atoms with van der Waals surface area (Å²) >= 11 is 0. The van der Waals surface area contributed by atoms with Crippen LogP contribution in [0, 0.1) is 6.92 Å². The predicted molar refractivity (Wildman–Crippen MR) is 122 cm³/mol. The number of rotatable bonds is 7. The van der Waals surface area contributed by atoms with Crippen molar-refractivity contribution in [2.45, 2.75) is 18.7 Å². The molecular weight excluding hydrogens is 416 g/mol. The van der Waals surface area contributed by atoms with Gasteiger partial charge >= 0.3 is 0 Å². The first-order valence-corrected chi connectivity index (χ1v) is 10.9. The summed E-state index contributed by atoms with van der Waals surface area (Å²) in [4.78, 5) is 21.8. The van der Waals surface area contributed by atoms with Crippen LogP contribution in [0.15, 0.2) is 59.5 Å². The van der Waals surface area contributed by atoms with Crippen LogP contribution in [0.4, 0.5) is 28.7 Å². The molecule has 0 saturated carbocycles. The van der Waals surface area contributed by atoms with Crippen molar-refractivity contribution in [3.05, 3.63) is 60.4 Å². The Balaban J connectivity index is 1.71. The highest BCUT2D eigenvalue weighted by atomic mass is 32.2. The molecular formula is C21H24N6O3S. The maximum Gasteiger partial charge on any atom is 0.261 e. The van der Waals surface area contributed by atoms with Crippen LogP contribution in [-0.4, -0.2) is 38.4 Å². The molecule has 0 fully saturated rings. The molecule has 3 aromatic rings. The van der Waals surface area contributed by atoms with Gasteiger partial charge in [0, 0.05) is 44.1 Å². The molecule has 0 spiro atoms. The molecule has 31 heavy (non-hydrogen) atoms. The van der Waals surface area contributed by atoms with Crippen LogP contribution in [0.1, 0.15) is 12.7 Å². The van der Waals surface area contributed by atoms with Crippen molar-refractivity contribution in [1.82, 2.24) is 9.97 Å². The van der Waals surface area contributed by atoms with E-state index in [-0.39, 0.29) is 10.8 Å². The van der Waals surface area contributed by atoms with E-state index >= 15 is 0 Å². The zero-order valence-corrected chi connectivity index (χ0v) is 18.5. The molecule has 0 aliphatic carbocycles. The summed E-state index contributed by atoms with van der Waals surface area (Å²) in [5.41, 5.74) is 1.70. The average molecular weight is 441 g/mol. The third-order valence-electron chi connectivity index (χ3n) is 4.18. The third-order valence-corrected chi connectivity index (χ3v) is 5.57. The van der Waals surface area contributed by atoms with Crippen LogP contribution in [-0.2, 0) is 14.8 Å². The van der Waals surface area contributed by atoms with Crippen LogP contribution in [0.25, 0.3) is 0 Å². The summed E-state index contributed by atoms with van der Waals surface area (Å²) in [6, 6.07) is 14.6. The van der Waals surface area contributed by atoms with Gasteiger partial charge in [-0.05, 0) is 55.5 Å². The molecule has 10 heteroatoms. The van der Waals surface area contributed by atoms with Crippen molar-refractivity contribution in [2.24, 2.45) is 0 Å². The van der Waals surface area contributed by atoms with Crippen LogP contribution in [0.2, 0.25) is 0 Å². The van der Waals surface area contributed by atoms with Gasteiger partial charge in [-0.25, -0.2) is 18.4 Å². The lowest BCUT2D eigenvalue weighted by molar-refractivity contribution is -0.114. The second-order valence-electron chi connectivity index (χ2n) is 7.07. The van der Waals surface area contributed by atoms with Gasteiger partial charge in [-0.3, -0.25) is 9.52 Å². The van der Waals surface area contributed by atoms with Gasteiger partial charge in [0.15, 0.2) is 0 Å². The van der Waals surface area contributed by atoms with Gasteiger partial charge in [-0.1, -0.05) is 0 Å². The summed E-state index contributed by atoms with van der Waals surface area (Å²) < 4.78 is 27.8. The fourth-order valence-corrected chi connectivity index (χ4v) is 3.81. The Morgan fingerprint density at radius 1 is 0.903 bits per heavy atom. The Hall–Kier alpha value is -3.66. The lowest BCUT2D eigenvalue weighted by Crippen LogP contribution is -2.13.